The quantitative estimate of drug-likeness (QED) is 0.845. The lowest BCUT2D eigenvalue weighted by molar-refractivity contribution is 0.103. The van der Waals surface area contributed by atoms with Crippen LogP contribution < -0.4 is 5.32 Å². The highest BCUT2D eigenvalue weighted by atomic mass is 16.5. The molecule has 0 saturated carbocycles. The van der Waals surface area contributed by atoms with Crippen LogP contribution in [0.4, 0.5) is 5.69 Å². The molecule has 1 N–H and O–H groups in total. The second-order valence-corrected chi connectivity index (χ2v) is 4.74. The van der Waals surface area contributed by atoms with Crippen LogP contribution in [0, 0.1) is 0 Å². The van der Waals surface area contributed by atoms with E-state index in [2.05, 4.69) is 41.4 Å². The van der Waals surface area contributed by atoms with Crippen molar-refractivity contribution in [2.24, 2.45) is 0 Å². The first-order valence-corrected chi connectivity index (χ1v) is 6.35. The van der Waals surface area contributed by atoms with Crippen LogP contribution in [-0.4, -0.2) is 43.8 Å². The van der Waals surface area contributed by atoms with E-state index in [1.807, 2.05) is 6.07 Å². The van der Waals surface area contributed by atoms with Gasteiger partial charge in [0.25, 0.3) is 0 Å². The van der Waals surface area contributed by atoms with E-state index in [0.29, 0.717) is 12.1 Å². The third-order valence-electron chi connectivity index (χ3n) is 3.51. The van der Waals surface area contributed by atoms with Gasteiger partial charge in [-0.25, -0.2) is 0 Å². The average molecular weight is 234 g/mol. The van der Waals surface area contributed by atoms with Crippen molar-refractivity contribution in [1.82, 2.24) is 4.90 Å². The van der Waals surface area contributed by atoms with Crippen LogP contribution in [0.5, 0.6) is 0 Å². The molecule has 0 amide bonds. The Bertz CT molecular complexity index is 328. The van der Waals surface area contributed by atoms with E-state index >= 15 is 0 Å². The van der Waals surface area contributed by atoms with E-state index in [4.69, 9.17) is 4.74 Å². The highest BCUT2D eigenvalue weighted by molar-refractivity contribution is 5.42. The summed E-state index contributed by atoms with van der Waals surface area (Å²) in [6.07, 6.45) is 1.58. The fraction of sp³-hybridized carbons (Fsp3) is 0.571. The van der Waals surface area contributed by atoms with Crippen molar-refractivity contribution in [3.05, 3.63) is 30.3 Å². The first kappa shape index (κ1) is 12.4. The van der Waals surface area contributed by atoms with Gasteiger partial charge in [-0.2, -0.15) is 0 Å². The van der Waals surface area contributed by atoms with Crippen LogP contribution in [0.15, 0.2) is 30.3 Å². The van der Waals surface area contributed by atoms with E-state index in [9.17, 15) is 0 Å². The van der Waals surface area contributed by atoms with Crippen molar-refractivity contribution in [2.45, 2.75) is 25.5 Å². The van der Waals surface area contributed by atoms with Crippen molar-refractivity contribution in [3.63, 3.8) is 0 Å². The smallest absolute Gasteiger partial charge is 0.0710 e. The summed E-state index contributed by atoms with van der Waals surface area (Å²) >= 11 is 0. The Balaban J connectivity index is 1.76. The van der Waals surface area contributed by atoms with Crippen LogP contribution in [0.1, 0.15) is 13.3 Å². The molecule has 1 aliphatic heterocycles. The second-order valence-electron chi connectivity index (χ2n) is 4.74. The maximum absolute atomic E-state index is 5.39. The number of anilines is 1. The van der Waals surface area contributed by atoms with Crippen LogP contribution in [0.3, 0.4) is 0 Å². The van der Waals surface area contributed by atoms with Gasteiger partial charge < -0.3 is 10.1 Å². The lowest BCUT2D eigenvalue weighted by atomic mass is 10.2. The van der Waals surface area contributed by atoms with Gasteiger partial charge >= 0.3 is 0 Å². The standard InChI is InChI=1S/C14H22N2O/c1-12(16-9-8-14(11-16)17-2)10-15-13-6-4-3-5-7-13/h3-7,12,14-15H,8-11H2,1-2H3. The Kier molecular flexibility index (Phi) is 4.40. The zero-order valence-electron chi connectivity index (χ0n) is 10.7. The Morgan fingerprint density at radius 2 is 2.18 bits per heavy atom. The van der Waals surface area contributed by atoms with E-state index < -0.39 is 0 Å². The van der Waals surface area contributed by atoms with Gasteiger partial charge in [0.15, 0.2) is 0 Å². The average Bonchev–Trinajstić information content (AvgIpc) is 2.86. The third kappa shape index (κ3) is 3.45. The molecule has 3 nitrogen and oxygen atoms in total. The van der Waals surface area contributed by atoms with E-state index in [-0.39, 0.29) is 0 Å². The molecule has 0 radical (unpaired) electrons. The molecule has 1 aliphatic rings. The second kappa shape index (κ2) is 6.03. The molecule has 1 fully saturated rings. The number of hydrogen-bond donors (Lipinski definition) is 1. The number of benzene rings is 1. The largest absolute Gasteiger partial charge is 0.383 e. The zero-order valence-corrected chi connectivity index (χ0v) is 10.7. The van der Waals surface area contributed by atoms with Crippen molar-refractivity contribution in [2.75, 3.05) is 32.1 Å². The van der Waals surface area contributed by atoms with Crippen LogP contribution in [0.25, 0.3) is 0 Å². The molecule has 2 unspecified atom stereocenters. The van der Waals surface area contributed by atoms with Crippen molar-refractivity contribution in [3.8, 4) is 0 Å². The summed E-state index contributed by atoms with van der Waals surface area (Å²) in [5, 5.41) is 3.47. The Morgan fingerprint density at radius 1 is 1.41 bits per heavy atom. The van der Waals surface area contributed by atoms with Crippen LogP contribution in [0.2, 0.25) is 0 Å². The summed E-state index contributed by atoms with van der Waals surface area (Å²) in [5.41, 5.74) is 1.20. The maximum atomic E-state index is 5.39. The highest BCUT2D eigenvalue weighted by Gasteiger charge is 2.25. The number of ether oxygens (including phenoxy) is 1. The molecule has 1 saturated heterocycles. The van der Waals surface area contributed by atoms with Gasteiger partial charge in [0.1, 0.15) is 0 Å². The minimum absolute atomic E-state index is 0.425. The first-order chi connectivity index (χ1) is 8.29. The molecular weight excluding hydrogens is 212 g/mol. The van der Waals surface area contributed by atoms with Gasteiger partial charge in [0.05, 0.1) is 6.10 Å². The molecule has 0 spiro atoms. The molecule has 17 heavy (non-hydrogen) atoms. The predicted octanol–water partition coefficient (Wildman–Crippen LogP) is 2.21. The molecular formula is C14H22N2O. The lowest BCUT2D eigenvalue weighted by Crippen LogP contribution is -2.36. The Labute approximate surface area is 104 Å². The highest BCUT2D eigenvalue weighted by Crippen LogP contribution is 2.15. The van der Waals surface area contributed by atoms with E-state index in [1.165, 1.54) is 5.69 Å². The molecule has 0 bridgehead atoms. The molecule has 2 atom stereocenters. The predicted molar refractivity (Wildman–Crippen MR) is 71.4 cm³/mol. The van der Waals surface area contributed by atoms with Crippen molar-refractivity contribution in [1.29, 1.82) is 0 Å². The normalized spacial score (nSPS) is 22.6. The molecule has 94 valence electrons. The number of likely N-dealkylation sites (tertiary alicyclic amines) is 1. The molecule has 2 rings (SSSR count). The fourth-order valence-electron chi connectivity index (χ4n) is 2.30. The SMILES string of the molecule is COC1CCN(C(C)CNc2ccccc2)C1. The minimum atomic E-state index is 0.425. The minimum Gasteiger partial charge on any atom is -0.383 e. The van der Waals surface area contributed by atoms with Gasteiger partial charge in [0.2, 0.25) is 0 Å². The number of hydrogen-bond acceptors (Lipinski definition) is 3. The van der Waals surface area contributed by atoms with Gasteiger partial charge in [-0.3, -0.25) is 4.90 Å². The number of methoxy groups -OCH3 is 1. The molecule has 1 aromatic carbocycles. The van der Waals surface area contributed by atoms with Crippen LogP contribution in [-0.2, 0) is 4.74 Å². The zero-order chi connectivity index (χ0) is 12.1. The maximum Gasteiger partial charge on any atom is 0.0710 e. The Morgan fingerprint density at radius 3 is 2.82 bits per heavy atom. The third-order valence-corrected chi connectivity index (χ3v) is 3.51. The van der Waals surface area contributed by atoms with Crippen LogP contribution >= 0.6 is 0 Å². The molecule has 0 aromatic heterocycles. The molecule has 3 heteroatoms. The van der Waals surface area contributed by atoms with Gasteiger partial charge in [0, 0.05) is 38.5 Å². The summed E-state index contributed by atoms with van der Waals surface area (Å²) < 4.78 is 5.39. The fourth-order valence-corrected chi connectivity index (χ4v) is 2.30. The van der Waals surface area contributed by atoms with Crippen molar-refractivity contribution < 1.29 is 4.74 Å². The molecule has 1 aromatic rings. The monoisotopic (exact) mass is 234 g/mol. The lowest BCUT2D eigenvalue weighted by Gasteiger charge is -2.24. The van der Waals surface area contributed by atoms with Gasteiger partial charge in [-0.15, -0.1) is 0 Å². The number of nitrogens with zero attached hydrogens (tertiary/aromatic N) is 1. The number of para-hydroxylation sites is 1. The van der Waals surface area contributed by atoms with Gasteiger partial charge in [-0.1, -0.05) is 18.2 Å². The summed E-state index contributed by atoms with van der Waals surface area (Å²) in [6.45, 7) is 5.47. The van der Waals surface area contributed by atoms with E-state index in [0.717, 1.165) is 26.1 Å². The summed E-state index contributed by atoms with van der Waals surface area (Å²) in [5.74, 6) is 0. The molecule has 0 aliphatic carbocycles. The summed E-state index contributed by atoms with van der Waals surface area (Å²) in [7, 11) is 1.81. The van der Waals surface area contributed by atoms with Crippen molar-refractivity contribution >= 4 is 5.69 Å². The Hall–Kier alpha value is -1.06. The summed E-state index contributed by atoms with van der Waals surface area (Å²) in [4.78, 5) is 2.49. The first-order valence-electron chi connectivity index (χ1n) is 6.35. The summed E-state index contributed by atoms with van der Waals surface area (Å²) in [6, 6.07) is 10.9. The molecule has 1 heterocycles. The number of nitrogens with one attached hydrogen (secondary N) is 1. The van der Waals surface area contributed by atoms with Gasteiger partial charge in [-0.05, 0) is 25.5 Å². The van der Waals surface area contributed by atoms with E-state index in [1.54, 1.807) is 7.11 Å². The number of rotatable bonds is 5. The topological polar surface area (TPSA) is 24.5 Å².